The van der Waals surface area contributed by atoms with Gasteiger partial charge in [-0.2, -0.15) is 9.97 Å². The summed E-state index contributed by atoms with van der Waals surface area (Å²) >= 11 is 0. The molecule has 0 atom stereocenters. The molecule has 0 unspecified atom stereocenters. The number of ether oxygens (including phenoxy) is 3. The lowest BCUT2D eigenvalue weighted by Crippen LogP contribution is -2.12. The highest BCUT2D eigenvalue weighted by atomic mass is 16.6. The van der Waals surface area contributed by atoms with Crippen LogP contribution in [0, 0.1) is 0 Å². The monoisotopic (exact) mass is 347 g/mol. The fourth-order valence-electron chi connectivity index (χ4n) is 1.96. The lowest BCUT2D eigenvalue weighted by molar-refractivity contribution is 0.0694. The van der Waals surface area contributed by atoms with E-state index in [9.17, 15) is 9.90 Å². The molecule has 132 valence electrons. The summed E-state index contributed by atoms with van der Waals surface area (Å²) in [6.45, 7) is 3.79. The number of para-hydroxylation sites is 1. The van der Waals surface area contributed by atoms with Crippen LogP contribution in [0.2, 0.25) is 0 Å². The first-order valence-electron chi connectivity index (χ1n) is 6.99. The van der Waals surface area contributed by atoms with Gasteiger partial charge in [-0.25, -0.2) is 4.79 Å². The van der Waals surface area contributed by atoms with Gasteiger partial charge in [0.15, 0.2) is 5.75 Å². The molecule has 25 heavy (non-hydrogen) atoms. The summed E-state index contributed by atoms with van der Waals surface area (Å²) in [4.78, 5) is 24.4. The molecule has 2 aromatic rings. The highest BCUT2D eigenvalue weighted by Gasteiger charge is 2.20. The fraction of sp³-hybridized carbons (Fsp3) is 0.188. The van der Waals surface area contributed by atoms with E-state index in [0.29, 0.717) is 11.3 Å². The number of benzene rings is 1. The van der Waals surface area contributed by atoms with E-state index in [2.05, 4.69) is 22.0 Å². The number of nitrogens with zero attached hydrogens (tertiary/aromatic N) is 2. The zero-order valence-electron chi connectivity index (χ0n) is 13.9. The summed E-state index contributed by atoms with van der Waals surface area (Å²) in [7, 11) is 4.25. The largest absolute Gasteiger partial charge is 0.481 e. The number of hydroxylamine groups is 1. The predicted molar refractivity (Wildman–Crippen MR) is 87.8 cm³/mol. The van der Waals surface area contributed by atoms with Crippen LogP contribution in [0.5, 0.6) is 23.5 Å². The van der Waals surface area contributed by atoms with E-state index < -0.39 is 5.97 Å². The zero-order valence-corrected chi connectivity index (χ0v) is 13.9. The normalized spacial score (nSPS) is 10.0. The van der Waals surface area contributed by atoms with Gasteiger partial charge in [0.1, 0.15) is 5.56 Å². The molecule has 0 bridgehead atoms. The van der Waals surface area contributed by atoms with Crippen molar-refractivity contribution in [1.82, 2.24) is 15.4 Å². The third-order valence-electron chi connectivity index (χ3n) is 3.07. The molecule has 0 aliphatic carbocycles. The van der Waals surface area contributed by atoms with E-state index in [-0.39, 0.29) is 29.1 Å². The van der Waals surface area contributed by atoms with Crippen molar-refractivity contribution < 1.29 is 28.9 Å². The summed E-state index contributed by atoms with van der Waals surface area (Å²) in [5.74, 6) is -0.785. The summed E-state index contributed by atoms with van der Waals surface area (Å²) < 4.78 is 15.7. The molecule has 9 heteroatoms. The maximum atomic E-state index is 11.5. The molecule has 0 amide bonds. The number of rotatable bonds is 8. The van der Waals surface area contributed by atoms with Crippen molar-refractivity contribution in [3.63, 3.8) is 0 Å². The second kappa shape index (κ2) is 7.97. The van der Waals surface area contributed by atoms with Gasteiger partial charge in [-0.15, -0.1) is 0 Å². The van der Waals surface area contributed by atoms with Crippen LogP contribution in [-0.4, -0.2) is 42.4 Å². The maximum Gasteiger partial charge on any atom is 0.339 e. The van der Waals surface area contributed by atoms with E-state index in [0.717, 1.165) is 0 Å². The Labute approximate surface area is 143 Å². The fourth-order valence-corrected chi connectivity index (χ4v) is 1.96. The topological polar surface area (TPSA) is 112 Å². The minimum Gasteiger partial charge on any atom is -0.481 e. The molecule has 2 N–H and O–H groups in total. The van der Waals surface area contributed by atoms with E-state index in [1.54, 1.807) is 12.1 Å². The Kier molecular flexibility index (Phi) is 5.75. The van der Waals surface area contributed by atoms with Crippen LogP contribution in [-0.2, 0) is 4.84 Å². The average Bonchev–Trinajstić information content (AvgIpc) is 2.61. The summed E-state index contributed by atoms with van der Waals surface area (Å²) in [5, 5.41) is 9.43. The molecule has 2 rings (SSSR count). The van der Waals surface area contributed by atoms with Crippen molar-refractivity contribution in [2.45, 2.75) is 0 Å². The number of carboxylic acid groups (broad SMARTS) is 1. The highest BCUT2D eigenvalue weighted by Crippen LogP contribution is 2.32. The van der Waals surface area contributed by atoms with Crippen molar-refractivity contribution >= 4 is 11.7 Å². The number of carbonyl (C=O) groups is 1. The second-order valence-corrected chi connectivity index (χ2v) is 4.61. The lowest BCUT2D eigenvalue weighted by atomic mass is 10.1. The van der Waals surface area contributed by atoms with Gasteiger partial charge in [0.05, 0.1) is 33.1 Å². The number of carboxylic acids is 1. The Balaban J connectivity index is 2.53. The first-order chi connectivity index (χ1) is 12.0. The van der Waals surface area contributed by atoms with Crippen LogP contribution in [0.1, 0.15) is 15.9 Å². The molecule has 0 fully saturated rings. The van der Waals surface area contributed by atoms with Gasteiger partial charge in [0, 0.05) is 5.56 Å². The number of nitrogens with one attached hydrogen (secondary N) is 1. The van der Waals surface area contributed by atoms with Gasteiger partial charge >= 0.3 is 12.0 Å². The number of aromatic carboxylic acids is 1. The molecule has 0 spiro atoms. The number of hydrogen-bond donors (Lipinski definition) is 2. The van der Waals surface area contributed by atoms with Gasteiger partial charge in [0.2, 0.25) is 11.8 Å². The average molecular weight is 347 g/mol. The molecular formula is C16H17N3O6. The number of aromatic nitrogens is 2. The van der Waals surface area contributed by atoms with Crippen molar-refractivity contribution in [1.29, 1.82) is 0 Å². The minimum absolute atomic E-state index is 0.000133. The zero-order chi connectivity index (χ0) is 18.4. The van der Waals surface area contributed by atoms with Crippen LogP contribution >= 0.6 is 0 Å². The molecule has 9 nitrogen and oxygen atoms in total. The molecular weight excluding hydrogens is 330 g/mol. The minimum atomic E-state index is -1.18. The molecule has 1 heterocycles. The van der Waals surface area contributed by atoms with Crippen LogP contribution in [0.15, 0.2) is 30.8 Å². The standard InChI is InChI=1S/C16H17N3O6/c1-9(19-24-4)10-6-5-7-11(15(20)21)14(10)25-16-17-12(22-2)8-13(18-16)23-3/h5-8,19H,1H2,2-4H3,(H,20,21). The summed E-state index contributed by atoms with van der Waals surface area (Å²) in [5.41, 5.74) is 3.12. The third-order valence-corrected chi connectivity index (χ3v) is 3.07. The molecule has 1 aromatic carbocycles. The Bertz CT molecular complexity index is 771. The van der Waals surface area contributed by atoms with Crippen LogP contribution in [0.25, 0.3) is 5.70 Å². The smallest absolute Gasteiger partial charge is 0.339 e. The van der Waals surface area contributed by atoms with E-state index >= 15 is 0 Å². The van der Waals surface area contributed by atoms with Crippen molar-refractivity contribution in [3.05, 3.63) is 42.0 Å². The number of hydrogen-bond acceptors (Lipinski definition) is 8. The summed E-state index contributed by atoms with van der Waals surface area (Å²) in [6, 6.07) is 5.88. The quantitative estimate of drug-likeness (QED) is 0.693. The van der Waals surface area contributed by atoms with E-state index in [1.807, 2.05) is 0 Å². The molecule has 0 radical (unpaired) electrons. The molecule has 0 saturated carbocycles. The van der Waals surface area contributed by atoms with E-state index in [4.69, 9.17) is 19.0 Å². The second-order valence-electron chi connectivity index (χ2n) is 4.61. The van der Waals surface area contributed by atoms with Gasteiger partial charge in [-0.1, -0.05) is 12.6 Å². The Morgan fingerprint density at radius 3 is 2.24 bits per heavy atom. The Morgan fingerprint density at radius 2 is 1.72 bits per heavy atom. The first-order valence-corrected chi connectivity index (χ1v) is 6.99. The molecule has 0 aliphatic rings. The van der Waals surface area contributed by atoms with Crippen LogP contribution < -0.4 is 19.7 Å². The van der Waals surface area contributed by atoms with Crippen LogP contribution in [0.4, 0.5) is 0 Å². The SMILES string of the molecule is C=C(NOC)c1cccc(C(=O)O)c1Oc1nc(OC)cc(OC)n1. The van der Waals surface area contributed by atoms with E-state index in [1.165, 1.54) is 33.5 Å². The van der Waals surface area contributed by atoms with Crippen LogP contribution in [0.3, 0.4) is 0 Å². The first kappa shape index (κ1) is 18.0. The van der Waals surface area contributed by atoms with Crippen molar-refractivity contribution in [2.24, 2.45) is 0 Å². The van der Waals surface area contributed by atoms with Crippen molar-refractivity contribution in [3.8, 4) is 23.5 Å². The van der Waals surface area contributed by atoms with Gasteiger partial charge < -0.3 is 19.3 Å². The lowest BCUT2D eigenvalue weighted by Gasteiger charge is -2.15. The summed E-state index contributed by atoms with van der Waals surface area (Å²) in [6.07, 6.45) is 0. The predicted octanol–water partition coefficient (Wildman–Crippen LogP) is 2.11. The van der Waals surface area contributed by atoms with Gasteiger partial charge in [-0.3, -0.25) is 10.3 Å². The van der Waals surface area contributed by atoms with Crippen molar-refractivity contribution in [2.75, 3.05) is 21.3 Å². The Morgan fingerprint density at radius 1 is 1.12 bits per heavy atom. The maximum absolute atomic E-state index is 11.5. The number of methoxy groups -OCH3 is 2. The third kappa shape index (κ3) is 4.15. The Hall–Kier alpha value is -3.33. The highest BCUT2D eigenvalue weighted by molar-refractivity contribution is 5.93. The molecule has 0 aliphatic heterocycles. The van der Waals surface area contributed by atoms with Gasteiger partial charge in [-0.05, 0) is 12.1 Å². The molecule has 0 saturated heterocycles. The molecule has 1 aromatic heterocycles. The van der Waals surface area contributed by atoms with Gasteiger partial charge in [0.25, 0.3) is 0 Å².